The third-order valence-electron chi connectivity index (χ3n) is 3.11. The minimum Gasteiger partial charge on any atom is -0.397 e. The molecule has 5 nitrogen and oxygen atoms in total. The van der Waals surface area contributed by atoms with Gasteiger partial charge in [-0.1, -0.05) is 23.2 Å². The fraction of sp³-hybridized carbons (Fsp3) is 0.429. The van der Waals surface area contributed by atoms with E-state index in [4.69, 9.17) is 28.9 Å². The molecule has 0 aromatic heterocycles. The smallest absolute Gasteiger partial charge is 0.252 e. The minimum absolute atomic E-state index is 0.138. The Labute approximate surface area is 134 Å². The SMILES string of the molecule is CCN(CC)C(=O)C(C)NC(=O)c1cc(N)c(Cl)c(Cl)c1. The standard InChI is InChI=1S/C14H19Cl2N3O2/c1-4-19(5-2)14(21)8(3)18-13(20)9-6-10(15)12(16)11(17)7-9/h6-8H,4-5,17H2,1-3H3,(H,18,20). The first-order valence-corrected chi connectivity index (χ1v) is 7.41. The van der Waals surface area contributed by atoms with Crippen molar-refractivity contribution in [1.29, 1.82) is 0 Å². The van der Waals surface area contributed by atoms with Gasteiger partial charge >= 0.3 is 0 Å². The van der Waals surface area contributed by atoms with E-state index in [0.717, 1.165) is 0 Å². The van der Waals surface area contributed by atoms with Gasteiger partial charge in [0.05, 0.1) is 15.7 Å². The number of halogens is 2. The Balaban J connectivity index is 2.84. The van der Waals surface area contributed by atoms with E-state index >= 15 is 0 Å². The maximum absolute atomic E-state index is 12.1. The number of carbonyl (C=O) groups excluding carboxylic acids is 2. The first kappa shape index (κ1) is 17.6. The summed E-state index contributed by atoms with van der Waals surface area (Å²) < 4.78 is 0. The van der Waals surface area contributed by atoms with Crippen LogP contribution in [-0.4, -0.2) is 35.8 Å². The molecule has 0 spiro atoms. The third-order valence-corrected chi connectivity index (χ3v) is 3.93. The molecule has 1 atom stereocenters. The number of likely N-dealkylation sites (N-methyl/N-ethyl adjacent to an activating group) is 1. The number of hydrogen-bond donors (Lipinski definition) is 2. The monoisotopic (exact) mass is 331 g/mol. The van der Waals surface area contributed by atoms with Crippen molar-refractivity contribution in [3.05, 3.63) is 27.7 Å². The summed E-state index contributed by atoms with van der Waals surface area (Å²) in [4.78, 5) is 25.9. The van der Waals surface area contributed by atoms with E-state index in [9.17, 15) is 9.59 Å². The molecule has 0 radical (unpaired) electrons. The molecule has 0 saturated heterocycles. The number of anilines is 1. The van der Waals surface area contributed by atoms with Gasteiger partial charge < -0.3 is 16.0 Å². The zero-order valence-electron chi connectivity index (χ0n) is 12.2. The van der Waals surface area contributed by atoms with E-state index in [1.54, 1.807) is 11.8 Å². The first-order chi connectivity index (χ1) is 9.81. The van der Waals surface area contributed by atoms with Crippen molar-refractivity contribution in [1.82, 2.24) is 10.2 Å². The number of nitrogens with two attached hydrogens (primary N) is 1. The van der Waals surface area contributed by atoms with Gasteiger partial charge in [-0.05, 0) is 32.9 Å². The van der Waals surface area contributed by atoms with E-state index in [2.05, 4.69) is 5.32 Å². The normalized spacial score (nSPS) is 11.9. The first-order valence-electron chi connectivity index (χ1n) is 6.65. The highest BCUT2D eigenvalue weighted by Crippen LogP contribution is 2.29. The molecule has 0 aliphatic carbocycles. The van der Waals surface area contributed by atoms with E-state index < -0.39 is 11.9 Å². The molecule has 1 rings (SSSR count). The average Bonchev–Trinajstić information content (AvgIpc) is 2.45. The summed E-state index contributed by atoms with van der Waals surface area (Å²) in [5, 5.41) is 3.04. The highest BCUT2D eigenvalue weighted by Gasteiger charge is 2.21. The Bertz CT molecular complexity index is 522. The summed E-state index contributed by atoms with van der Waals surface area (Å²) >= 11 is 11.7. The summed E-state index contributed by atoms with van der Waals surface area (Å²) in [6, 6.07) is 2.22. The van der Waals surface area contributed by atoms with Crippen molar-refractivity contribution in [3.63, 3.8) is 0 Å². The van der Waals surface area contributed by atoms with Gasteiger partial charge in [0.1, 0.15) is 6.04 Å². The molecule has 0 heterocycles. The van der Waals surface area contributed by atoms with Crippen molar-refractivity contribution in [3.8, 4) is 0 Å². The molecule has 1 aromatic rings. The molecule has 21 heavy (non-hydrogen) atoms. The minimum atomic E-state index is -0.631. The number of nitrogen functional groups attached to an aromatic ring is 1. The molecular formula is C14H19Cl2N3O2. The predicted molar refractivity (Wildman–Crippen MR) is 85.7 cm³/mol. The number of amides is 2. The Morgan fingerprint density at radius 2 is 1.86 bits per heavy atom. The van der Waals surface area contributed by atoms with Crippen LogP contribution in [0.1, 0.15) is 31.1 Å². The molecule has 0 bridgehead atoms. The molecule has 0 saturated carbocycles. The van der Waals surface area contributed by atoms with Gasteiger partial charge in [-0.15, -0.1) is 0 Å². The quantitative estimate of drug-likeness (QED) is 0.814. The topological polar surface area (TPSA) is 75.4 Å². The molecule has 0 aliphatic rings. The predicted octanol–water partition coefficient (Wildman–Crippen LogP) is 2.56. The van der Waals surface area contributed by atoms with Gasteiger partial charge in [-0.2, -0.15) is 0 Å². The third kappa shape index (κ3) is 4.25. The van der Waals surface area contributed by atoms with Gasteiger partial charge in [0.15, 0.2) is 0 Å². The van der Waals surface area contributed by atoms with Gasteiger partial charge in [0.25, 0.3) is 5.91 Å². The highest BCUT2D eigenvalue weighted by molar-refractivity contribution is 6.43. The molecule has 7 heteroatoms. The number of carbonyl (C=O) groups is 2. The lowest BCUT2D eigenvalue weighted by Crippen LogP contribution is -2.46. The molecule has 0 fully saturated rings. The summed E-state index contributed by atoms with van der Waals surface area (Å²) in [7, 11) is 0. The maximum Gasteiger partial charge on any atom is 0.252 e. The number of rotatable bonds is 5. The lowest BCUT2D eigenvalue weighted by molar-refractivity contribution is -0.132. The van der Waals surface area contributed by atoms with E-state index in [-0.39, 0.29) is 27.2 Å². The lowest BCUT2D eigenvalue weighted by atomic mass is 10.1. The molecule has 2 amide bonds. The van der Waals surface area contributed by atoms with Gasteiger partial charge in [-0.3, -0.25) is 9.59 Å². The molecule has 1 aromatic carbocycles. The van der Waals surface area contributed by atoms with Gasteiger partial charge in [0.2, 0.25) is 5.91 Å². The number of nitrogens with one attached hydrogen (secondary N) is 1. The second-order valence-corrected chi connectivity index (χ2v) is 5.35. The zero-order chi connectivity index (χ0) is 16.2. The Kier molecular flexibility index (Phi) is 6.30. The Morgan fingerprint density at radius 3 is 2.33 bits per heavy atom. The average molecular weight is 332 g/mol. The van der Waals surface area contributed by atoms with Crippen LogP contribution in [0.3, 0.4) is 0 Å². The Hall–Kier alpha value is -1.46. The number of benzene rings is 1. The van der Waals surface area contributed by atoms with Crippen LogP contribution in [0, 0.1) is 0 Å². The van der Waals surface area contributed by atoms with Crippen LogP contribution in [0.15, 0.2) is 12.1 Å². The van der Waals surface area contributed by atoms with Crippen LogP contribution >= 0.6 is 23.2 Å². The van der Waals surface area contributed by atoms with Crippen molar-refractivity contribution in [2.75, 3.05) is 18.8 Å². The van der Waals surface area contributed by atoms with Crippen LogP contribution in [0.4, 0.5) is 5.69 Å². The Morgan fingerprint density at radius 1 is 1.29 bits per heavy atom. The van der Waals surface area contributed by atoms with E-state index in [0.29, 0.717) is 13.1 Å². The molecule has 3 N–H and O–H groups in total. The fourth-order valence-electron chi connectivity index (χ4n) is 1.89. The van der Waals surface area contributed by atoms with E-state index in [1.807, 2.05) is 13.8 Å². The fourth-order valence-corrected chi connectivity index (χ4v) is 2.23. The van der Waals surface area contributed by atoms with E-state index in [1.165, 1.54) is 12.1 Å². The molecule has 116 valence electrons. The second-order valence-electron chi connectivity index (χ2n) is 4.57. The lowest BCUT2D eigenvalue weighted by Gasteiger charge is -2.23. The van der Waals surface area contributed by atoms with Gasteiger partial charge in [-0.25, -0.2) is 0 Å². The summed E-state index contributed by atoms with van der Waals surface area (Å²) in [6.45, 7) is 6.59. The van der Waals surface area contributed by atoms with Crippen LogP contribution in [-0.2, 0) is 4.79 Å². The van der Waals surface area contributed by atoms with Crippen molar-refractivity contribution in [2.24, 2.45) is 0 Å². The highest BCUT2D eigenvalue weighted by atomic mass is 35.5. The summed E-state index contributed by atoms with van der Waals surface area (Å²) in [5.74, 6) is -0.561. The summed E-state index contributed by atoms with van der Waals surface area (Å²) in [6.07, 6.45) is 0. The molecule has 0 aliphatic heterocycles. The van der Waals surface area contributed by atoms with Crippen molar-refractivity contribution < 1.29 is 9.59 Å². The zero-order valence-corrected chi connectivity index (χ0v) is 13.8. The van der Waals surface area contributed by atoms with Crippen molar-refractivity contribution in [2.45, 2.75) is 26.8 Å². The molecular weight excluding hydrogens is 313 g/mol. The van der Waals surface area contributed by atoms with Crippen LogP contribution in [0.25, 0.3) is 0 Å². The molecule has 1 unspecified atom stereocenters. The van der Waals surface area contributed by atoms with Gasteiger partial charge in [0, 0.05) is 18.7 Å². The maximum atomic E-state index is 12.1. The number of nitrogens with zero attached hydrogens (tertiary/aromatic N) is 1. The van der Waals surface area contributed by atoms with Crippen LogP contribution < -0.4 is 11.1 Å². The largest absolute Gasteiger partial charge is 0.397 e. The van der Waals surface area contributed by atoms with Crippen LogP contribution in [0.5, 0.6) is 0 Å². The number of hydrogen-bond acceptors (Lipinski definition) is 3. The summed E-state index contributed by atoms with van der Waals surface area (Å²) in [5.41, 5.74) is 6.15. The second kappa shape index (κ2) is 7.52. The van der Waals surface area contributed by atoms with Crippen molar-refractivity contribution >= 4 is 40.7 Å². The van der Waals surface area contributed by atoms with Crippen LogP contribution in [0.2, 0.25) is 10.0 Å².